The maximum Gasteiger partial charge on any atom is 0.0545 e. The molecule has 0 radical (unpaired) electrons. The second-order valence-corrected chi connectivity index (χ2v) is 5.65. The Hall–Kier alpha value is -0.0800. The minimum absolute atomic E-state index is 0.528. The van der Waals surface area contributed by atoms with Gasteiger partial charge in [0.05, 0.1) is 13.2 Å². The van der Waals surface area contributed by atoms with E-state index in [2.05, 4.69) is 32.7 Å². The minimum atomic E-state index is 0.528. The summed E-state index contributed by atoms with van der Waals surface area (Å²) in [6.07, 6.45) is 3.93. The van der Waals surface area contributed by atoms with Crippen molar-refractivity contribution in [3.8, 4) is 0 Å². The van der Waals surface area contributed by atoms with Gasteiger partial charge in [-0.05, 0) is 32.4 Å². The summed E-state index contributed by atoms with van der Waals surface area (Å²) in [4.78, 5) is 2.46. The Morgan fingerprint density at radius 3 is 2.33 bits per heavy atom. The van der Waals surface area contributed by atoms with Crippen LogP contribution in [-0.4, -0.2) is 38.3 Å². The third-order valence-electron chi connectivity index (χ3n) is 3.30. The second-order valence-electron chi connectivity index (χ2n) is 5.65. The average molecular weight is 213 g/mol. The molecule has 0 aromatic carbocycles. The summed E-state index contributed by atoms with van der Waals surface area (Å²) in [5.74, 6) is 0.773. The van der Waals surface area contributed by atoms with E-state index in [0.717, 1.165) is 19.1 Å². The number of rotatable bonds is 7. The topological polar surface area (TPSA) is 12.5 Å². The Morgan fingerprint density at radius 2 is 1.93 bits per heavy atom. The number of hydrogen-bond acceptors (Lipinski definition) is 2. The molecule has 15 heavy (non-hydrogen) atoms. The molecule has 0 aliphatic carbocycles. The van der Waals surface area contributed by atoms with Gasteiger partial charge in [0.2, 0.25) is 0 Å². The molecule has 0 aromatic rings. The van der Waals surface area contributed by atoms with Gasteiger partial charge in [0.25, 0.3) is 0 Å². The van der Waals surface area contributed by atoms with Crippen LogP contribution >= 0.6 is 0 Å². The molecule has 1 saturated heterocycles. The largest absolute Gasteiger partial charge is 0.380 e. The summed E-state index contributed by atoms with van der Waals surface area (Å²) < 4.78 is 5.39. The molecule has 2 nitrogen and oxygen atoms in total. The maximum absolute atomic E-state index is 5.39. The van der Waals surface area contributed by atoms with Crippen molar-refractivity contribution >= 4 is 0 Å². The molecular formula is C13H27NO. The normalized spacial score (nSPS) is 19.6. The second kappa shape index (κ2) is 5.86. The van der Waals surface area contributed by atoms with Crippen LogP contribution in [0, 0.1) is 11.3 Å². The standard InChI is InChI=1S/C13H27NO/c1-5-6-13(10-15-11-13)7-8-14(4)9-12(2)3/h12H,5-11H2,1-4H3. The third kappa shape index (κ3) is 4.12. The zero-order chi connectivity index (χ0) is 11.3. The summed E-state index contributed by atoms with van der Waals surface area (Å²) in [5.41, 5.74) is 0.528. The molecule has 1 aliphatic heterocycles. The molecule has 0 saturated carbocycles. The minimum Gasteiger partial charge on any atom is -0.380 e. The van der Waals surface area contributed by atoms with Crippen LogP contribution in [0.25, 0.3) is 0 Å². The van der Waals surface area contributed by atoms with Gasteiger partial charge in [-0.1, -0.05) is 27.2 Å². The van der Waals surface area contributed by atoms with E-state index in [4.69, 9.17) is 4.74 Å². The molecule has 90 valence electrons. The summed E-state index contributed by atoms with van der Waals surface area (Å²) in [6.45, 7) is 11.3. The summed E-state index contributed by atoms with van der Waals surface area (Å²) in [6, 6.07) is 0. The van der Waals surface area contributed by atoms with E-state index in [-0.39, 0.29) is 0 Å². The van der Waals surface area contributed by atoms with E-state index in [1.807, 2.05) is 0 Å². The van der Waals surface area contributed by atoms with Gasteiger partial charge in [0.1, 0.15) is 0 Å². The lowest BCUT2D eigenvalue weighted by atomic mass is 9.78. The van der Waals surface area contributed by atoms with E-state index in [9.17, 15) is 0 Å². The van der Waals surface area contributed by atoms with Gasteiger partial charge in [-0.2, -0.15) is 0 Å². The molecule has 2 heteroatoms. The summed E-state index contributed by atoms with van der Waals surface area (Å²) in [7, 11) is 2.24. The quantitative estimate of drug-likeness (QED) is 0.645. The van der Waals surface area contributed by atoms with E-state index >= 15 is 0 Å². The Balaban J connectivity index is 2.22. The van der Waals surface area contributed by atoms with Crippen LogP contribution < -0.4 is 0 Å². The van der Waals surface area contributed by atoms with Gasteiger partial charge in [-0.25, -0.2) is 0 Å². The zero-order valence-corrected chi connectivity index (χ0v) is 10.9. The lowest BCUT2D eigenvalue weighted by Crippen LogP contribution is -2.44. The van der Waals surface area contributed by atoms with Crippen molar-refractivity contribution in [1.29, 1.82) is 0 Å². The predicted octanol–water partition coefficient (Wildman–Crippen LogP) is 2.78. The molecule has 1 heterocycles. The molecule has 1 rings (SSSR count). The van der Waals surface area contributed by atoms with Gasteiger partial charge >= 0.3 is 0 Å². The van der Waals surface area contributed by atoms with E-state index < -0.39 is 0 Å². The van der Waals surface area contributed by atoms with Crippen molar-refractivity contribution < 1.29 is 4.74 Å². The molecule has 0 spiro atoms. The van der Waals surface area contributed by atoms with E-state index in [1.165, 1.54) is 32.4 Å². The van der Waals surface area contributed by atoms with Gasteiger partial charge in [0.15, 0.2) is 0 Å². The monoisotopic (exact) mass is 213 g/mol. The van der Waals surface area contributed by atoms with Crippen molar-refractivity contribution in [2.24, 2.45) is 11.3 Å². The third-order valence-corrected chi connectivity index (χ3v) is 3.30. The fourth-order valence-electron chi connectivity index (χ4n) is 2.48. The van der Waals surface area contributed by atoms with Crippen molar-refractivity contribution in [2.75, 3.05) is 33.4 Å². The molecule has 0 bridgehead atoms. The highest BCUT2D eigenvalue weighted by Crippen LogP contribution is 2.36. The smallest absolute Gasteiger partial charge is 0.0545 e. The molecule has 0 amide bonds. The maximum atomic E-state index is 5.39. The van der Waals surface area contributed by atoms with Crippen molar-refractivity contribution in [2.45, 2.75) is 40.0 Å². The fourth-order valence-corrected chi connectivity index (χ4v) is 2.48. The van der Waals surface area contributed by atoms with Crippen LogP contribution in [0.1, 0.15) is 40.0 Å². The molecule has 0 unspecified atom stereocenters. The van der Waals surface area contributed by atoms with E-state index in [1.54, 1.807) is 0 Å². The first kappa shape index (κ1) is 13.0. The highest BCUT2D eigenvalue weighted by molar-refractivity contribution is 4.85. The van der Waals surface area contributed by atoms with Crippen LogP contribution in [0.15, 0.2) is 0 Å². The summed E-state index contributed by atoms with van der Waals surface area (Å²) >= 11 is 0. The van der Waals surface area contributed by atoms with Gasteiger partial charge in [-0.15, -0.1) is 0 Å². The van der Waals surface area contributed by atoms with Crippen molar-refractivity contribution in [3.05, 3.63) is 0 Å². The lowest BCUT2D eigenvalue weighted by Gasteiger charge is -2.42. The van der Waals surface area contributed by atoms with Crippen molar-refractivity contribution in [3.63, 3.8) is 0 Å². The highest BCUT2D eigenvalue weighted by atomic mass is 16.5. The molecule has 0 N–H and O–H groups in total. The van der Waals surface area contributed by atoms with Crippen LogP contribution in [-0.2, 0) is 4.74 Å². The summed E-state index contributed by atoms with van der Waals surface area (Å²) in [5, 5.41) is 0. The SMILES string of the molecule is CCCC1(CCN(C)CC(C)C)COC1. The average Bonchev–Trinajstić information content (AvgIpc) is 2.08. The Kier molecular flexibility index (Phi) is 5.07. The van der Waals surface area contributed by atoms with Crippen LogP contribution in [0.4, 0.5) is 0 Å². The zero-order valence-electron chi connectivity index (χ0n) is 10.9. The Labute approximate surface area is 95.0 Å². The van der Waals surface area contributed by atoms with Crippen LogP contribution in [0.3, 0.4) is 0 Å². The molecule has 0 atom stereocenters. The molecule has 1 aliphatic rings. The Morgan fingerprint density at radius 1 is 1.27 bits per heavy atom. The van der Waals surface area contributed by atoms with Crippen LogP contribution in [0.5, 0.6) is 0 Å². The highest BCUT2D eigenvalue weighted by Gasteiger charge is 2.37. The number of ether oxygens (including phenoxy) is 1. The first-order chi connectivity index (χ1) is 7.08. The Bertz CT molecular complexity index is 175. The van der Waals surface area contributed by atoms with E-state index in [0.29, 0.717) is 5.41 Å². The van der Waals surface area contributed by atoms with Gasteiger partial charge in [-0.3, -0.25) is 0 Å². The van der Waals surface area contributed by atoms with Gasteiger partial charge < -0.3 is 9.64 Å². The van der Waals surface area contributed by atoms with Crippen LogP contribution in [0.2, 0.25) is 0 Å². The first-order valence-corrected chi connectivity index (χ1v) is 6.34. The predicted molar refractivity (Wildman–Crippen MR) is 65.1 cm³/mol. The number of hydrogen-bond donors (Lipinski definition) is 0. The lowest BCUT2D eigenvalue weighted by molar-refractivity contribution is -0.124. The molecular weight excluding hydrogens is 186 g/mol. The number of nitrogens with zero attached hydrogens (tertiary/aromatic N) is 1. The molecule has 0 aromatic heterocycles. The fraction of sp³-hybridized carbons (Fsp3) is 1.00. The van der Waals surface area contributed by atoms with Gasteiger partial charge in [0, 0.05) is 12.0 Å². The first-order valence-electron chi connectivity index (χ1n) is 6.34. The molecule has 1 fully saturated rings. The van der Waals surface area contributed by atoms with Crippen molar-refractivity contribution in [1.82, 2.24) is 4.90 Å².